The molecule has 2 amide bonds. The summed E-state index contributed by atoms with van der Waals surface area (Å²) in [6, 6.07) is 0. The summed E-state index contributed by atoms with van der Waals surface area (Å²) in [5.74, 6) is -0.667. The van der Waals surface area contributed by atoms with E-state index in [-0.39, 0.29) is 23.7 Å². The van der Waals surface area contributed by atoms with Crippen molar-refractivity contribution < 1.29 is 9.59 Å². The van der Waals surface area contributed by atoms with Crippen LogP contribution in [-0.4, -0.2) is 11.8 Å². The summed E-state index contributed by atoms with van der Waals surface area (Å²) in [4.78, 5) is 23.1. The van der Waals surface area contributed by atoms with Gasteiger partial charge in [-0.3, -0.25) is 9.59 Å². The van der Waals surface area contributed by atoms with Crippen LogP contribution in [0.15, 0.2) is 0 Å². The number of amides is 2. The fraction of sp³-hybridized carbons (Fsp3) is 0.889. The molecule has 0 radical (unpaired) electrons. The van der Waals surface area contributed by atoms with Gasteiger partial charge < -0.3 is 11.5 Å². The van der Waals surface area contributed by atoms with Crippen molar-refractivity contribution in [1.82, 2.24) is 0 Å². The molecule has 0 aliphatic heterocycles. The second-order valence-electron chi connectivity index (χ2n) is 6.47. The number of primary amides is 2. The SMILES string of the molecule is CCCCCCC(CCC(CCCCCC)C(N)=O)C(N)=O. The molecule has 2 unspecified atom stereocenters. The molecule has 4 nitrogen and oxygen atoms in total. The molecular formula is C18H36N2O2. The Morgan fingerprint density at radius 2 is 1.00 bits per heavy atom. The number of rotatable bonds is 15. The minimum Gasteiger partial charge on any atom is -0.369 e. The van der Waals surface area contributed by atoms with Gasteiger partial charge in [0.1, 0.15) is 0 Å². The highest BCUT2D eigenvalue weighted by Gasteiger charge is 2.20. The molecule has 0 aromatic heterocycles. The number of hydrogen-bond acceptors (Lipinski definition) is 2. The molecule has 0 heterocycles. The Bertz CT molecular complexity index is 275. The Hall–Kier alpha value is -1.06. The van der Waals surface area contributed by atoms with Crippen LogP contribution in [0.3, 0.4) is 0 Å². The van der Waals surface area contributed by atoms with E-state index in [0.717, 1.165) is 38.5 Å². The lowest BCUT2D eigenvalue weighted by molar-refractivity contribution is -0.124. The first-order valence-electron chi connectivity index (χ1n) is 9.11. The van der Waals surface area contributed by atoms with Crippen LogP contribution >= 0.6 is 0 Å². The highest BCUT2D eigenvalue weighted by atomic mass is 16.1. The summed E-state index contributed by atoms with van der Waals surface area (Å²) in [5, 5.41) is 0. The zero-order valence-corrected chi connectivity index (χ0v) is 14.6. The van der Waals surface area contributed by atoms with Gasteiger partial charge in [-0.25, -0.2) is 0 Å². The molecule has 0 saturated carbocycles. The lowest BCUT2D eigenvalue weighted by Crippen LogP contribution is -2.27. The zero-order chi connectivity index (χ0) is 16.8. The highest BCUT2D eigenvalue weighted by molar-refractivity contribution is 5.78. The van der Waals surface area contributed by atoms with Crippen LogP contribution in [-0.2, 0) is 9.59 Å². The molecule has 130 valence electrons. The molecule has 2 atom stereocenters. The van der Waals surface area contributed by atoms with Crippen molar-refractivity contribution >= 4 is 11.8 Å². The third-order valence-electron chi connectivity index (χ3n) is 4.48. The summed E-state index contributed by atoms with van der Waals surface area (Å²) in [5.41, 5.74) is 11.0. The quantitative estimate of drug-likeness (QED) is 0.449. The molecule has 0 aromatic rings. The largest absolute Gasteiger partial charge is 0.369 e. The fourth-order valence-corrected chi connectivity index (χ4v) is 2.90. The number of unbranched alkanes of at least 4 members (excludes halogenated alkanes) is 6. The molecule has 4 heteroatoms. The van der Waals surface area contributed by atoms with Gasteiger partial charge in [-0.1, -0.05) is 65.2 Å². The minimum atomic E-state index is -0.231. The van der Waals surface area contributed by atoms with E-state index in [0.29, 0.717) is 12.8 Å². The Kier molecular flexibility index (Phi) is 12.9. The molecule has 0 aliphatic carbocycles. The van der Waals surface area contributed by atoms with Gasteiger partial charge in [0.05, 0.1) is 0 Å². The van der Waals surface area contributed by atoms with Gasteiger partial charge in [0.2, 0.25) is 11.8 Å². The van der Waals surface area contributed by atoms with Crippen LogP contribution in [0.5, 0.6) is 0 Å². The van der Waals surface area contributed by atoms with E-state index in [9.17, 15) is 9.59 Å². The van der Waals surface area contributed by atoms with Gasteiger partial charge in [-0.15, -0.1) is 0 Å². The van der Waals surface area contributed by atoms with E-state index >= 15 is 0 Å². The van der Waals surface area contributed by atoms with Crippen molar-refractivity contribution in [1.29, 1.82) is 0 Å². The van der Waals surface area contributed by atoms with E-state index < -0.39 is 0 Å². The molecule has 22 heavy (non-hydrogen) atoms. The summed E-state index contributed by atoms with van der Waals surface area (Å²) in [6.07, 6.45) is 12.2. The average molecular weight is 312 g/mol. The lowest BCUT2D eigenvalue weighted by Gasteiger charge is -2.17. The van der Waals surface area contributed by atoms with Gasteiger partial charge in [0.15, 0.2) is 0 Å². The Morgan fingerprint density at radius 1 is 0.636 bits per heavy atom. The maximum Gasteiger partial charge on any atom is 0.220 e. The topological polar surface area (TPSA) is 86.2 Å². The molecule has 0 rings (SSSR count). The van der Waals surface area contributed by atoms with Gasteiger partial charge in [0.25, 0.3) is 0 Å². The number of nitrogens with two attached hydrogens (primary N) is 2. The minimum absolute atomic E-state index is 0.102. The zero-order valence-electron chi connectivity index (χ0n) is 14.6. The van der Waals surface area contributed by atoms with E-state index in [1.54, 1.807) is 0 Å². The number of carbonyl (C=O) groups is 2. The molecule has 4 N–H and O–H groups in total. The maximum atomic E-state index is 11.6. The standard InChI is InChI=1S/C18H36N2O2/c1-3-5-7-9-11-15(17(19)21)13-14-16(18(20)22)12-10-8-6-4-2/h15-16H,3-14H2,1-2H3,(H2,19,21)(H2,20,22). The molecule has 0 aliphatic rings. The molecule has 0 aromatic carbocycles. The van der Waals surface area contributed by atoms with E-state index in [1.165, 1.54) is 25.7 Å². The van der Waals surface area contributed by atoms with E-state index in [1.807, 2.05) is 0 Å². The monoisotopic (exact) mass is 312 g/mol. The normalized spacial score (nSPS) is 13.7. The van der Waals surface area contributed by atoms with E-state index in [4.69, 9.17) is 11.5 Å². The van der Waals surface area contributed by atoms with Gasteiger partial charge >= 0.3 is 0 Å². The number of carbonyl (C=O) groups excluding carboxylic acids is 2. The fourth-order valence-electron chi connectivity index (χ4n) is 2.90. The summed E-state index contributed by atoms with van der Waals surface area (Å²) >= 11 is 0. The summed E-state index contributed by atoms with van der Waals surface area (Å²) < 4.78 is 0. The Balaban J connectivity index is 4.15. The first kappa shape index (κ1) is 20.9. The molecule has 0 saturated heterocycles. The van der Waals surface area contributed by atoms with Crippen molar-refractivity contribution in [3.63, 3.8) is 0 Å². The van der Waals surface area contributed by atoms with Gasteiger partial charge in [-0.2, -0.15) is 0 Å². The van der Waals surface area contributed by atoms with Crippen LogP contribution < -0.4 is 11.5 Å². The van der Waals surface area contributed by atoms with Gasteiger partial charge in [-0.05, 0) is 25.7 Å². The molecular weight excluding hydrogens is 276 g/mol. The van der Waals surface area contributed by atoms with Crippen molar-refractivity contribution in [3.05, 3.63) is 0 Å². The van der Waals surface area contributed by atoms with Crippen LogP contribution in [0, 0.1) is 11.8 Å². The highest BCUT2D eigenvalue weighted by Crippen LogP contribution is 2.22. The Morgan fingerprint density at radius 3 is 1.27 bits per heavy atom. The molecule has 0 bridgehead atoms. The van der Waals surface area contributed by atoms with Crippen LogP contribution in [0.25, 0.3) is 0 Å². The van der Waals surface area contributed by atoms with Gasteiger partial charge in [0, 0.05) is 11.8 Å². The molecule has 0 spiro atoms. The van der Waals surface area contributed by atoms with Crippen molar-refractivity contribution in [2.24, 2.45) is 23.3 Å². The predicted octanol–water partition coefficient (Wildman–Crippen LogP) is 3.91. The van der Waals surface area contributed by atoms with E-state index in [2.05, 4.69) is 13.8 Å². The smallest absolute Gasteiger partial charge is 0.220 e. The summed E-state index contributed by atoms with van der Waals surface area (Å²) in [7, 11) is 0. The predicted molar refractivity (Wildman–Crippen MR) is 92.1 cm³/mol. The molecule has 0 fully saturated rings. The second kappa shape index (κ2) is 13.6. The van der Waals surface area contributed by atoms with Crippen LogP contribution in [0.2, 0.25) is 0 Å². The van der Waals surface area contributed by atoms with Crippen molar-refractivity contribution in [3.8, 4) is 0 Å². The van der Waals surface area contributed by atoms with Crippen molar-refractivity contribution in [2.45, 2.75) is 90.9 Å². The summed E-state index contributed by atoms with van der Waals surface area (Å²) in [6.45, 7) is 4.34. The first-order valence-corrected chi connectivity index (χ1v) is 9.11. The Labute approximate surface area is 136 Å². The number of hydrogen-bond donors (Lipinski definition) is 2. The first-order chi connectivity index (χ1) is 10.5. The third kappa shape index (κ3) is 10.6. The maximum absolute atomic E-state index is 11.6. The lowest BCUT2D eigenvalue weighted by atomic mass is 9.88. The van der Waals surface area contributed by atoms with Crippen molar-refractivity contribution in [2.75, 3.05) is 0 Å². The van der Waals surface area contributed by atoms with Crippen LogP contribution in [0.4, 0.5) is 0 Å². The third-order valence-corrected chi connectivity index (χ3v) is 4.48. The average Bonchev–Trinajstić information content (AvgIpc) is 2.47. The van der Waals surface area contributed by atoms with Crippen LogP contribution in [0.1, 0.15) is 90.9 Å². The second-order valence-corrected chi connectivity index (χ2v) is 6.47.